The van der Waals surface area contributed by atoms with Crippen LogP contribution >= 0.6 is 22.9 Å². The first-order valence-electron chi connectivity index (χ1n) is 7.71. The molecule has 0 bridgehead atoms. The third-order valence-electron chi connectivity index (χ3n) is 3.54. The third-order valence-corrected chi connectivity index (χ3v) is 4.83. The second-order valence-electron chi connectivity index (χ2n) is 5.25. The highest BCUT2D eigenvalue weighted by molar-refractivity contribution is 7.18. The molecule has 2 aromatic carbocycles. The summed E-state index contributed by atoms with van der Waals surface area (Å²) in [5.41, 5.74) is 1.60. The van der Waals surface area contributed by atoms with Crippen molar-refractivity contribution in [3.63, 3.8) is 0 Å². The van der Waals surface area contributed by atoms with Crippen molar-refractivity contribution in [2.24, 2.45) is 0 Å². The van der Waals surface area contributed by atoms with Crippen molar-refractivity contribution < 1.29 is 19.0 Å². The first kappa shape index (κ1) is 18.2. The van der Waals surface area contributed by atoms with E-state index in [0.717, 1.165) is 15.2 Å². The summed E-state index contributed by atoms with van der Waals surface area (Å²) in [6.45, 7) is 0.134. The van der Waals surface area contributed by atoms with Crippen molar-refractivity contribution in [2.45, 2.75) is 6.61 Å². The number of para-hydroxylation sites is 1. The van der Waals surface area contributed by atoms with Gasteiger partial charge in [-0.25, -0.2) is 9.78 Å². The van der Waals surface area contributed by atoms with E-state index < -0.39 is 5.97 Å². The van der Waals surface area contributed by atoms with Gasteiger partial charge in [-0.3, -0.25) is 0 Å². The monoisotopic (exact) mass is 389 g/mol. The molecular weight excluding hydrogens is 374 g/mol. The van der Waals surface area contributed by atoms with Crippen molar-refractivity contribution in [2.75, 3.05) is 14.2 Å². The summed E-state index contributed by atoms with van der Waals surface area (Å²) in [6, 6.07) is 11.2. The number of benzene rings is 2. The first-order chi connectivity index (χ1) is 12.6. The summed E-state index contributed by atoms with van der Waals surface area (Å²) in [7, 11) is 3.03. The Labute approximate surface area is 159 Å². The van der Waals surface area contributed by atoms with Crippen LogP contribution in [-0.2, 0) is 16.1 Å². The normalized spacial score (nSPS) is 11.0. The lowest BCUT2D eigenvalue weighted by molar-refractivity contribution is -0.138. The zero-order chi connectivity index (χ0) is 18.5. The number of ether oxygens (including phenoxy) is 3. The Morgan fingerprint density at radius 2 is 2.04 bits per heavy atom. The Morgan fingerprint density at radius 1 is 1.23 bits per heavy atom. The molecule has 1 heterocycles. The molecule has 0 saturated heterocycles. The number of hydrogen-bond acceptors (Lipinski definition) is 6. The molecule has 0 N–H and O–H groups in total. The van der Waals surface area contributed by atoms with Crippen molar-refractivity contribution in [1.29, 1.82) is 0 Å². The highest BCUT2D eigenvalue weighted by Crippen LogP contribution is 2.36. The quantitative estimate of drug-likeness (QED) is 0.451. The van der Waals surface area contributed by atoms with Crippen molar-refractivity contribution in [1.82, 2.24) is 4.98 Å². The number of esters is 1. The van der Waals surface area contributed by atoms with E-state index in [2.05, 4.69) is 4.98 Å². The highest BCUT2D eigenvalue weighted by atomic mass is 35.5. The van der Waals surface area contributed by atoms with Gasteiger partial charge < -0.3 is 14.2 Å². The molecule has 0 atom stereocenters. The Hall–Kier alpha value is -2.57. The predicted molar refractivity (Wildman–Crippen MR) is 103 cm³/mol. The molecule has 0 amide bonds. The van der Waals surface area contributed by atoms with E-state index in [0.29, 0.717) is 22.1 Å². The van der Waals surface area contributed by atoms with Gasteiger partial charge in [0.2, 0.25) is 0 Å². The molecule has 134 valence electrons. The molecule has 0 aliphatic carbocycles. The smallest absolute Gasteiger partial charge is 0.331 e. The zero-order valence-corrected chi connectivity index (χ0v) is 15.8. The number of methoxy groups -OCH3 is 2. The Morgan fingerprint density at radius 3 is 2.77 bits per heavy atom. The first-order valence-corrected chi connectivity index (χ1v) is 8.91. The molecule has 3 rings (SSSR count). The molecule has 0 radical (unpaired) electrons. The fourth-order valence-electron chi connectivity index (χ4n) is 2.36. The molecule has 3 aromatic rings. The second kappa shape index (κ2) is 8.21. The summed E-state index contributed by atoms with van der Waals surface area (Å²) in [4.78, 5) is 16.4. The lowest BCUT2D eigenvalue weighted by Gasteiger charge is -2.10. The van der Waals surface area contributed by atoms with Crippen LogP contribution in [0.4, 0.5) is 0 Å². The van der Waals surface area contributed by atoms with E-state index in [1.807, 2.05) is 24.3 Å². The second-order valence-corrected chi connectivity index (χ2v) is 6.78. The summed E-state index contributed by atoms with van der Waals surface area (Å²) >= 11 is 7.65. The van der Waals surface area contributed by atoms with E-state index in [1.165, 1.54) is 31.6 Å². The third kappa shape index (κ3) is 4.15. The molecular formula is C19H16ClNO4S. The Kier molecular flexibility index (Phi) is 5.75. The maximum Gasteiger partial charge on any atom is 0.331 e. The molecule has 26 heavy (non-hydrogen) atoms. The number of nitrogens with zero attached hydrogens (tertiary/aromatic N) is 1. The van der Waals surface area contributed by atoms with Crippen LogP contribution in [0.3, 0.4) is 0 Å². The topological polar surface area (TPSA) is 57.7 Å². The van der Waals surface area contributed by atoms with E-state index in [4.69, 9.17) is 25.8 Å². The van der Waals surface area contributed by atoms with Crippen LogP contribution in [0.15, 0.2) is 42.5 Å². The molecule has 0 fully saturated rings. The number of halogens is 1. The fourth-order valence-corrected chi connectivity index (χ4v) is 3.54. The van der Waals surface area contributed by atoms with Crippen molar-refractivity contribution >= 4 is 45.2 Å². The molecule has 7 heteroatoms. The molecule has 0 saturated carbocycles. The maximum atomic E-state index is 11.9. The van der Waals surface area contributed by atoms with E-state index >= 15 is 0 Å². The SMILES string of the molecule is COc1cc(/C=C/C(=O)OCc2nc3ccccc3s2)cc(Cl)c1OC. The molecule has 0 aliphatic heterocycles. The van der Waals surface area contributed by atoms with Crippen molar-refractivity contribution in [3.05, 3.63) is 58.1 Å². The molecule has 0 aliphatic rings. The molecule has 0 unspecified atom stereocenters. The highest BCUT2D eigenvalue weighted by Gasteiger charge is 2.10. The Bertz CT molecular complexity index is 934. The number of hydrogen-bond donors (Lipinski definition) is 0. The van der Waals surface area contributed by atoms with Gasteiger partial charge in [0.1, 0.15) is 11.6 Å². The maximum absolute atomic E-state index is 11.9. The minimum Gasteiger partial charge on any atom is -0.493 e. The summed E-state index contributed by atoms with van der Waals surface area (Å²) < 4.78 is 16.7. The van der Waals surface area contributed by atoms with Gasteiger partial charge in [-0.15, -0.1) is 11.3 Å². The van der Waals surface area contributed by atoms with E-state index in [9.17, 15) is 4.79 Å². The minimum absolute atomic E-state index is 0.134. The lowest BCUT2D eigenvalue weighted by atomic mass is 10.2. The summed E-state index contributed by atoms with van der Waals surface area (Å²) in [5, 5.41) is 1.15. The number of aromatic nitrogens is 1. The van der Waals surface area contributed by atoms with E-state index in [-0.39, 0.29) is 6.61 Å². The van der Waals surface area contributed by atoms with Gasteiger partial charge >= 0.3 is 5.97 Å². The van der Waals surface area contributed by atoms with Gasteiger partial charge in [-0.05, 0) is 35.9 Å². The average Bonchev–Trinajstić information content (AvgIpc) is 3.07. The Balaban J connectivity index is 1.65. The van der Waals surface area contributed by atoms with Gasteiger partial charge in [0.25, 0.3) is 0 Å². The average molecular weight is 390 g/mol. The molecule has 5 nitrogen and oxygen atoms in total. The zero-order valence-electron chi connectivity index (χ0n) is 14.2. The number of rotatable bonds is 6. The van der Waals surface area contributed by atoms with Gasteiger partial charge in [0.05, 0.1) is 29.5 Å². The number of fused-ring (bicyclic) bond motifs is 1. The van der Waals surface area contributed by atoms with Gasteiger partial charge in [0, 0.05) is 6.08 Å². The van der Waals surface area contributed by atoms with Gasteiger partial charge in [0.15, 0.2) is 11.5 Å². The van der Waals surface area contributed by atoms with Crippen LogP contribution in [0.2, 0.25) is 5.02 Å². The van der Waals surface area contributed by atoms with Crippen LogP contribution in [-0.4, -0.2) is 25.2 Å². The predicted octanol–water partition coefficient (Wildman–Crippen LogP) is 4.72. The number of carbonyl (C=O) groups excluding carboxylic acids is 1. The standard InChI is InChI=1S/C19H16ClNO4S/c1-23-15-10-12(9-13(20)19(15)24-2)7-8-18(22)25-11-17-21-14-5-3-4-6-16(14)26-17/h3-10H,11H2,1-2H3/b8-7+. The van der Waals surface area contributed by atoms with Crippen LogP contribution in [0.25, 0.3) is 16.3 Å². The molecule has 1 aromatic heterocycles. The van der Waals surface area contributed by atoms with Crippen LogP contribution in [0.1, 0.15) is 10.6 Å². The number of thiazole rings is 1. The van der Waals surface area contributed by atoms with Crippen LogP contribution < -0.4 is 9.47 Å². The van der Waals surface area contributed by atoms with Crippen molar-refractivity contribution in [3.8, 4) is 11.5 Å². The minimum atomic E-state index is -0.463. The van der Waals surface area contributed by atoms with E-state index in [1.54, 1.807) is 18.2 Å². The van der Waals surface area contributed by atoms with Crippen LogP contribution in [0.5, 0.6) is 11.5 Å². The number of carbonyl (C=O) groups is 1. The van der Waals surface area contributed by atoms with Crippen LogP contribution in [0, 0.1) is 0 Å². The van der Waals surface area contributed by atoms with Gasteiger partial charge in [-0.2, -0.15) is 0 Å². The summed E-state index contributed by atoms with van der Waals surface area (Å²) in [6.07, 6.45) is 2.94. The van der Waals surface area contributed by atoms with Gasteiger partial charge in [-0.1, -0.05) is 23.7 Å². The fraction of sp³-hybridized carbons (Fsp3) is 0.158. The molecule has 0 spiro atoms. The summed E-state index contributed by atoms with van der Waals surface area (Å²) in [5.74, 6) is 0.474. The lowest BCUT2D eigenvalue weighted by Crippen LogP contribution is -2.00. The largest absolute Gasteiger partial charge is 0.493 e.